The van der Waals surface area contributed by atoms with Gasteiger partial charge in [0.2, 0.25) is 11.9 Å². The lowest BCUT2D eigenvalue weighted by atomic mass is 9.87. The van der Waals surface area contributed by atoms with Gasteiger partial charge < -0.3 is 0 Å². The van der Waals surface area contributed by atoms with E-state index >= 15 is 0 Å². The summed E-state index contributed by atoms with van der Waals surface area (Å²) in [5.74, 6) is -0.221. The molecule has 4 rings (SSSR count). The van der Waals surface area contributed by atoms with Crippen LogP contribution in [0.2, 0.25) is 0 Å². The molecule has 0 aliphatic carbocycles. The third-order valence-corrected chi connectivity index (χ3v) is 4.72. The van der Waals surface area contributed by atoms with Gasteiger partial charge in [0.15, 0.2) is 5.82 Å². The van der Waals surface area contributed by atoms with E-state index in [0.717, 1.165) is 0 Å². The number of halogens is 2. The van der Waals surface area contributed by atoms with Crippen LogP contribution in [0.3, 0.4) is 0 Å². The van der Waals surface area contributed by atoms with Crippen molar-refractivity contribution >= 4 is 0 Å². The number of nitrogens with zero attached hydrogens (tertiary/aromatic N) is 6. The van der Waals surface area contributed by atoms with Crippen molar-refractivity contribution in [3.63, 3.8) is 0 Å². The lowest BCUT2D eigenvalue weighted by Gasteiger charge is -2.21. The number of hydrogen-bond donors (Lipinski definition) is 0. The normalized spacial score (nSPS) is 11.6. The molecule has 0 unspecified atom stereocenters. The molecule has 0 fully saturated rings. The zero-order valence-electron chi connectivity index (χ0n) is 16.1. The van der Waals surface area contributed by atoms with Crippen molar-refractivity contribution in [2.45, 2.75) is 26.2 Å². The highest BCUT2D eigenvalue weighted by atomic mass is 19.1. The molecule has 0 spiro atoms. The molecule has 0 aliphatic heterocycles. The quantitative estimate of drug-likeness (QED) is 0.491. The van der Waals surface area contributed by atoms with Crippen molar-refractivity contribution in [2.24, 2.45) is 0 Å². The zero-order chi connectivity index (χ0) is 20.6. The lowest BCUT2D eigenvalue weighted by molar-refractivity contribution is 0.552. The minimum atomic E-state index is -0.705. The highest BCUT2D eigenvalue weighted by Crippen LogP contribution is 2.30. The zero-order valence-corrected chi connectivity index (χ0v) is 16.1. The topological polar surface area (TPSA) is 69.4 Å². The molecule has 0 aliphatic rings. The van der Waals surface area contributed by atoms with E-state index in [-0.39, 0.29) is 5.69 Å². The number of hydrogen-bond acceptors (Lipinski definition) is 5. The van der Waals surface area contributed by atoms with Crippen molar-refractivity contribution in [3.8, 4) is 16.9 Å². The summed E-state index contributed by atoms with van der Waals surface area (Å²) >= 11 is 0. The highest BCUT2D eigenvalue weighted by molar-refractivity contribution is 5.58. The van der Waals surface area contributed by atoms with Crippen molar-refractivity contribution in [2.75, 3.05) is 0 Å². The summed E-state index contributed by atoms with van der Waals surface area (Å²) in [5, 5.41) is 4.51. The smallest absolute Gasteiger partial charge is 0.238 e. The molecule has 4 heterocycles. The summed E-state index contributed by atoms with van der Waals surface area (Å²) in [6, 6.07) is 11.9. The molecule has 0 amide bonds. The first-order chi connectivity index (χ1) is 13.9. The average molecular weight is 392 g/mol. The molecule has 0 radical (unpaired) electrons. The first kappa shape index (κ1) is 18.8. The van der Waals surface area contributed by atoms with Crippen LogP contribution < -0.4 is 0 Å². The molecule has 0 atom stereocenters. The van der Waals surface area contributed by atoms with Gasteiger partial charge in [-0.2, -0.15) is 8.78 Å². The van der Waals surface area contributed by atoms with E-state index in [4.69, 9.17) is 0 Å². The second-order valence-corrected chi connectivity index (χ2v) is 7.08. The van der Waals surface area contributed by atoms with Gasteiger partial charge in [-0.3, -0.25) is 4.98 Å². The highest BCUT2D eigenvalue weighted by Gasteiger charge is 2.31. The van der Waals surface area contributed by atoms with Crippen LogP contribution >= 0.6 is 0 Å². The van der Waals surface area contributed by atoms with Crippen LogP contribution in [0.4, 0.5) is 8.78 Å². The molecule has 0 saturated carbocycles. The van der Waals surface area contributed by atoms with Gasteiger partial charge in [0.1, 0.15) is 11.5 Å². The summed E-state index contributed by atoms with van der Waals surface area (Å²) in [7, 11) is 0. The van der Waals surface area contributed by atoms with E-state index in [2.05, 4.69) is 25.0 Å². The Hall–Kier alpha value is -3.55. The van der Waals surface area contributed by atoms with Crippen LogP contribution in [-0.4, -0.2) is 29.7 Å². The number of rotatable bonds is 4. The Morgan fingerprint density at radius 1 is 0.862 bits per heavy atom. The second kappa shape index (κ2) is 7.12. The maximum absolute atomic E-state index is 14.1. The predicted molar refractivity (Wildman–Crippen MR) is 103 cm³/mol. The Balaban J connectivity index is 1.77. The molecule has 0 saturated heterocycles. The molecule has 6 nitrogen and oxygen atoms in total. The van der Waals surface area contributed by atoms with Crippen LogP contribution in [0, 0.1) is 18.8 Å². The van der Waals surface area contributed by atoms with E-state index in [1.165, 1.54) is 17.1 Å². The van der Waals surface area contributed by atoms with E-state index < -0.39 is 17.3 Å². The molecule has 29 heavy (non-hydrogen) atoms. The van der Waals surface area contributed by atoms with E-state index in [1.807, 2.05) is 19.9 Å². The van der Waals surface area contributed by atoms with E-state index in [0.29, 0.717) is 28.6 Å². The van der Waals surface area contributed by atoms with Crippen LogP contribution in [-0.2, 0) is 5.41 Å². The molecule has 8 heteroatoms. The van der Waals surface area contributed by atoms with Crippen LogP contribution in [0.15, 0.2) is 54.9 Å². The van der Waals surface area contributed by atoms with Gasteiger partial charge in [-0.15, -0.1) is 5.10 Å². The fourth-order valence-corrected chi connectivity index (χ4v) is 3.04. The largest absolute Gasteiger partial charge is 0.252 e. The van der Waals surface area contributed by atoms with E-state index in [1.54, 1.807) is 43.3 Å². The van der Waals surface area contributed by atoms with Crippen LogP contribution in [0.5, 0.6) is 0 Å². The van der Waals surface area contributed by atoms with Gasteiger partial charge in [-0.25, -0.2) is 19.6 Å². The predicted octanol–water partition coefficient (Wildman–Crippen LogP) is 4.03. The Kier molecular flexibility index (Phi) is 4.62. The van der Waals surface area contributed by atoms with Crippen molar-refractivity contribution in [3.05, 3.63) is 84.1 Å². The van der Waals surface area contributed by atoms with Gasteiger partial charge in [0, 0.05) is 12.4 Å². The molecule has 4 aromatic heterocycles. The summed E-state index contributed by atoms with van der Waals surface area (Å²) in [6.45, 7) is 5.57. The number of pyridine rings is 3. The average Bonchev–Trinajstić information content (AvgIpc) is 3.11. The second-order valence-electron chi connectivity index (χ2n) is 7.08. The van der Waals surface area contributed by atoms with Gasteiger partial charge in [-0.05, 0) is 57.2 Å². The lowest BCUT2D eigenvalue weighted by Crippen LogP contribution is -2.23. The summed E-state index contributed by atoms with van der Waals surface area (Å²) in [6.07, 6.45) is 2.77. The molecule has 0 bridgehead atoms. The van der Waals surface area contributed by atoms with Crippen LogP contribution in [0.1, 0.15) is 31.2 Å². The molecule has 146 valence electrons. The summed E-state index contributed by atoms with van der Waals surface area (Å²) in [4.78, 5) is 16.5. The Labute approximate surface area is 166 Å². The first-order valence-electron chi connectivity index (χ1n) is 9.01. The summed E-state index contributed by atoms with van der Waals surface area (Å²) < 4.78 is 29.6. The summed E-state index contributed by atoms with van der Waals surface area (Å²) in [5.41, 5.74) is 0.956. The number of aryl methyl sites for hydroxylation is 1. The minimum absolute atomic E-state index is 0.221. The Morgan fingerprint density at radius 2 is 1.59 bits per heavy atom. The van der Waals surface area contributed by atoms with Gasteiger partial charge in [-0.1, -0.05) is 6.07 Å². The van der Waals surface area contributed by atoms with Crippen molar-refractivity contribution in [1.29, 1.82) is 0 Å². The molecule has 0 N–H and O–H groups in total. The van der Waals surface area contributed by atoms with Gasteiger partial charge in [0.05, 0.1) is 22.4 Å². The van der Waals surface area contributed by atoms with Crippen molar-refractivity contribution in [1.82, 2.24) is 29.7 Å². The maximum Gasteiger partial charge on any atom is 0.238 e. The third kappa shape index (κ3) is 3.37. The van der Waals surface area contributed by atoms with Crippen LogP contribution in [0.25, 0.3) is 16.9 Å². The van der Waals surface area contributed by atoms with Crippen molar-refractivity contribution < 1.29 is 8.78 Å². The SMILES string of the molecule is Cc1nc(C(C)(C)c2cccc(-c3cccnc3F)n2)nn1-c1cccnc1F. The molecular weight excluding hydrogens is 374 g/mol. The van der Waals surface area contributed by atoms with E-state index in [9.17, 15) is 8.78 Å². The molecular formula is C21H18F2N6. The van der Waals surface area contributed by atoms with Gasteiger partial charge in [0.25, 0.3) is 0 Å². The fourth-order valence-electron chi connectivity index (χ4n) is 3.04. The fraction of sp³-hybridized carbons (Fsp3) is 0.190. The molecule has 0 aromatic carbocycles. The maximum atomic E-state index is 14.1. The standard InChI is InChI=1S/C21H18F2N6/c1-13-26-20(28-29(13)16-9-6-12-25-19(16)23)21(2,3)17-10-4-8-15(27-17)14-7-5-11-24-18(14)22/h4-12H,1-3H3. The first-order valence-corrected chi connectivity index (χ1v) is 9.01. The minimum Gasteiger partial charge on any atom is -0.252 e. The Bertz CT molecular complexity index is 1190. The number of aromatic nitrogens is 6. The Morgan fingerprint density at radius 3 is 2.31 bits per heavy atom. The molecule has 4 aromatic rings. The van der Waals surface area contributed by atoms with Gasteiger partial charge >= 0.3 is 0 Å². The monoisotopic (exact) mass is 392 g/mol. The third-order valence-electron chi connectivity index (χ3n) is 4.72.